The predicted octanol–water partition coefficient (Wildman–Crippen LogP) is 3.10. The summed E-state index contributed by atoms with van der Waals surface area (Å²) >= 11 is 0. The molecule has 1 saturated carbocycles. The van der Waals surface area contributed by atoms with Crippen molar-refractivity contribution < 1.29 is 9.90 Å². The van der Waals surface area contributed by atoms with E-state index in [0.717, 1.165) is 30.6 Å². The molecule has 1 N–H and O–H groups in total. The van der Waals surface area contributed by atoms with Gasteiger partial charge in [0.05, 0.1) is 0 Å². The SMILES string of the molecule is Cc1ccc(C(=O)O)c(N2CCC3CCCCC3C2)n1. The van der Waals surface area contributed by atoms with Crippen molar-refractivity contribution in [2.75, 3.05) is 18.0 Å². The van der Waals surface area contributed by atoms with E-state index in [2.05, 4.69) is 9.88 Å². The molecular formula is C16H22N2O2. The Morgan fingerprint density at radius 2 is 2.00 bits per heavy atom. The largest absolute Gasteiger partial charge is 0.478 e. The van der Waals surface area contributed by atoms with Crippen molar-refractivity contribution in [3.8, 4) is 0 Å². The summed E-state index contributed by atoms with van der Waals surface area (Å²) in [6.45, 7) is 3.84. The fraction of sp³-hybridized carbons (Fsp3) is 0.625. The summed E-state index contributed by atoms with van der Waals surface area (Å²) in [7, 11) is 0. The standard InChI is InChI=1S/C16H22N2O2/c1-11-6-7-14(16(19)20)15(17-11)18-9-8-12-4-2-3-5-13(12)10-18/h6-7,12-13H,2-5,8-10H2,1H3,(H,19,20). The maximum Gasteiger partial charge on any atom is 0.339 e. The van der Waals surface area contributed by atoms with Gasteiger partial charge in [-0.2, -0.15) is 0 Å². The van der Waals surface area contributed by atoms with Gasteiger partial charge in [0.25, 0.3) is 0 Å². The van der Waals surface area contributed by atoms with E-state index < -0.39 is 5.97 Å². The zero-order valence-electron chi connectivity index (χ0n) is 12.0. The lowest BCUT2D eigenvalue weighted by atomic mass is 9.75. The zero-order valence-corrected chi connectivity index (χ0v) is 12.0. The normalized spacial score (nSPS) is 26.1. The van der Waals surface area contributed by atoms with Gasteiger partial charge in [-0.15, -0.1) is 0 Å². The van der Waals surface area contributed by atoms with Crippen molar-refractivity contribution in [3.63, 3.8) is 0 Å². The first-order valence-electron chi connectivity index (χ1n) is 7.61. The van der Waals surface area contributed by atoms with Crippen LogP contribution in [-0.2, 0) is 0 Å². The minimum Gasteiger partial charge on any atom is -0.478 e. The number of pyridine rings is 1. The van der Waals surface area contributed by atoms with Gasteiger partial charge in [-0.05, 0) is 43.7 Å². The van der Waals surface area contributed by atoms with Crippen LogP contribution in [0.2, 0.25) is 0 Å². The summed E-state index contributed by atoms with van der Waals surface area (Å²) in [4.78, 5) is 18.1. The molecule has 2 atom stereocenters. The highest BCUT2D eigenvalue weighted by atomic mass is 16.4. The Hall–Kier alpha value is -1.58. The Kier molecular flexibility index (Phi) is 3.64. The summed E-state index contributed by atoms with van der Waals surface area (Å²) in [5, 5.41) is 9.35. The molecule has 0 aromatic carbocycles. The third-order valence-corrected chi connectivity index (χ3v) is 4.84. The molecule has 2 fully saturated rings. The molecule has 0 bridgehead atoms. The molecule has 0 spiro atoms. The van der Waals surface area contributed by atoms with Crippen LogP contribution in [0.3, 0.4) is 0 Å². The number of carboxylic acids is 1. The first-order valence-corrected chi connectivity index (χ1v) is 7.61. The van der Waals surface area contributed by atoms with E-state index >= 15 is 0 Å². The van der Waals surface area contributed by atoms with E-state index in [4.69, 9.17) is 0 Å². The highest BCUT2D eigenvalue weighted by molar-refractivity contribution is 5.93. The van der Waals surface area contributed by atoms with Crippen LogP contribution in [0.25, 0.3) is 0 Å². The molecule has 1 aliphatic carbocycles. The van der Waals surface area contributed by atoms with Crippen LogP contribution in [-0.4, -0.2) is 29.1 Å². The van der Waals surface area contributed by atoms with E-state index in [1.54, 1.807) is 12.1 Å². The number of carboxylic acid groups (broad SMARTS) is 1. The second kappa shape index (κ2) is 5.43. The molecule has 108 valence electrons. The van der Waals surface area contributed by atoms with Gasteiger partial charge >= 0.3 is 5.97 Å². The number of hydrogen-bond acceptors (Lipinski definition) is 3. The topological polar surface area (TPSA) is 53.4 Å². The van der Waals surface area contributed by atoms with Crippen LogP contribution < -0.4 is 4.90 Å². The summed E-state index contributed by atoms with van der Waals surface area (Å²) in [5.74, 6) is 1.36. The van der Waals surface area contributed by atoms with Gasteiger partial charge in [0.2, 0.25) is 0 Å². The van der Waals surface area contributed by atoms with Gasteiger partial charge in [-0.25, -0.2) is 9.78 Å². The van der Waals surface area contributed by atoms with E-state index in [1.807, 2.05) is 6.92 Å². The molecule has 2 heterocycles. The smallest absolute Gasteiger partial charge is 0.339 e. The Morgan fingerprint density at radius 3 is 2.75 bits per heavy atom. The third kappa shape index (κ3) is 2.51. The zero-order chi connectivity index (χ0) is 14.1. The average molecular weight is 274 g/mol. The molecule has 2 aliphatic rings. The van der Waals surface area contributed by atoms with Crippen molar-refractivity contribution in [2.45, 2.75) is 39.0 Å². The van der Waals surface area contributed by atoms with Crippen LogP contribution in [0.4, 0.5) is 5.82 Å². The number of anilines is 1. The first kappa shape index (κ1) is 13.4. The van der Waals surface area contributed by atoms with Gasteiger partial charge in [0, 0.05) is 18.8 Å². The lowest BCUT2D eigenvalue weighted by Crippen LogP contribution is -2.42. The van der Waals surface area contributed by atoms with Gasteiger partial charge in [0.15, 0.2) is 0 Å². The molecule has 3 rings (SSSR count). The Labute approximate surface area is 119 Å². The number of aromatic nitrogens is 1. The fourth-order valence-electron chi connectivity index (χ4n) is 3.74. The molecule has 0 amide bonds. The van der Waals surface area contributed by atoms with Gasteiger partial charge in [-0.3, -0.25) is 0 Å². The van der Waals surface area contributed by atoms with Crippen LogP contribution in [0.15, 0.2) is 12.1 Å². The number of piperidine rings is 1. The molecule has 4 heteroatoms. The maximum absolute atomic E-state index is 11.4. The summed E-state index contributed by atoms with van der Waals surface area (Å²) in [6.07, 6.45) is 6.51. The molecular weight excluding hydrogens is 252 g/mol. The van der Waals surface area contributed by atoms with Crippen molar-refractivity contribution in [1.82, 2.24) is 4.98 Å². The molecule has 2 unspecified atom stereocenters. The number of carbonyl (C=O) groups is 1. The maximum atomic E-state index is 11.4. The Bertz CT molecular complexity index is 515. The molecule has 1 aromatic heterocycles. The molecule has 1 aliphatic heterocycles. The van der Waals surface area contributed by atoms with Crippen molar-refractivity contribution >= 4 is 11.8 Å². The lowest BCUT2D eigenvalue weighted by molar-refractivity contribution is 0.0696. The molecule has 1 aromatic rings. The second-order valence-corrected chi connectivity index (χ2v) is 6.17. The average Bonchev–Trinajstić information content (AvgIpc) is 2.46. The minimum absolute atomic E-state index is 0.338. The predicted molar refractivity (Wildman–Crippen MR) is 78.2 cm³/mol. The van der Waals surface area contributed by atoms with E-state index in [-0.39, 0.29) is 0 Å². The second-order valence-electron chi connectivity index (χ2n) is 6.17. The van der Waals surface area contributed by atoms with Crippen molar-refractivity contribution in [1.29, 1.82) is 0 Å². The third-order valence-electron chi connectivity index (χ3n) is 4.84. The number of fused-ring (bicyclic) bond motifs is 1. The number of nitrogens with zero attached hydrogens (tertiary/aromatic N) is 2. The summed E-state index contributed by atoms with van der Waals surface area (Å²) in [5.41, 5.74) is 1.22. The van der Waals surface area contributed by atoms with Crippen LogP contribution in [0.5, 0.6) is 0 Å². The lowest BCUT2D eigenvalue weighted by Gasteiger charge is -2.42. The van der Waals surface area contributed by atoms with Crippen LogP contribution >= 0.6 is 0 Å². The molecule has 0 radical (unpaired) electrons. The highest BCUT2D eigenvalue weighted by Gasteiger charge is 2.32. The molecule has 20 heavy (non-hydrogen) atoms. The van der Waals surface area contributed by atoms with Crippen LogP contribution in [0.1, 0.15) is 48.2 Å². The van der Waals surface area contributed by atoms with Crippen molar-refractivity contribution in [2.24, 2.45) is 11.8 Å². The summed E-state index contributed by atoms with van der Waals surface area (Å²) in [6, 6.07) is 3.47. The Morgan fingerprint density at radius 1 is 1.25 bits per heavy atom. The minimum atomic E-state index is -0.877. The highest BCUT2D eigenvalue weighted by Crippen LogP contribution is 2.37. The van der Waals surface area contributed by atoms with E-state index in [0.29, 0.717) is 11.4 Å². The Balaban J connectivity index is 1.85. The summed E-state index contributed by atoms with van der Waals surface area (Å²) < 4.78 is 0. The van der Waals surface area contributed by atoms with Crippen molar-refractivity contribution in [3.05, 3.63) is 23.4 Å². The quantitative estimate of drug-likeness (QED) is 0.900. The fourth-order valence-corrected chi connectivity index (χ4v) is 3.74. The number of aryl methyl sites for hydroxylation is 1. The first-order chi connectivity index (χ1) is 9.65. The number of aromatic carboxylic acids is 1. The number of hydrogen-bond donors (Lipinski definition) is 1. The molecule has 4 nitrogen and oxygen atoms in total. The van der Waals surface area contributed by atoms with Crippen LogP contribution in [0, 0.1) is 18.8 Å². The van der Waals surface area contributed by atoms with Gasteiger partial charge in [0.1, 0.15) is 11.4 Å². The monoisotopic (exact) mass is 274 g/mol. The van der Waals surface area contributed by atoms with E-state index in [9.17, 15) is 9.90 Å². The number of rotatable bonds is 2. The molecule has 1 saturated heterocycles. The van der Waals surface area contributed by atoms with Gasteiger partial charge < -0.3 is 10.0 Å². The van der Waals surface area contributed by atoms with E-state index in [1.165, 1.54) is 32.1 Å². The van der Waals surface area contributed by atoms with Gasteiger partial charge in [-0.1, -0.05) is 19.3 Å².